The fourth-order valence-corrected chi connectivity index (χ4v) is 4.92. The molecular formula is C25H27N3OS. The molecule has 0 radical (unpaired) electrons. The lowest BCUT2D eigenvalue weighted by atomic mass is 9.86. The minimum atomic E-state index is -0.150. The van der Waals surface area contributed by atoms with E-state index in [9.17, 15) is 4.79 Å². The zero-order chi connectivity index (χ0) is 20.8. The van der Waals surface area contributed by atoms with Gasteiger partial charge in [0.15, 0.2) is 0 Å². The normalized spacial score (nSPS) is 15.3. The van der Waals surface area contributed by atoms with Crippen LogP contribution in [0.4, 0.5) is 0 Å². The summed E-state index contributed by atoms with van der Waals surface area (Å²) in [6, 6.07) is 18.1. The molecule has 0 aliphatic heterocycles. The number of carbonyl (C=O) groups is 1. The Morgan fingerprint density at radius 1 is 1.07 bits per heavy atom. The number of para-hydroxylation sites is 1. The van der Waals surface area contributed by atoms with E-state index in [1.165, 1.54) is 42.6 Å². The second-order valence-electron chi connectivity index (χ2n) is 7.85. The number of hydrazone groups is 1. The van der Waals surface area contributed by atoms with Crippen molar-refractivity contribution in [1.82, 2.24) is 10.4 Å². The molecule has 0 atom stereocenters. The molecule has 1 amide bonds. The van der Waals surface area contributed by atoms with E-state index in [-0.39, 0.29) is 5.91 Å². The molecule has 0 spiro atoms. The number of hydrogen-bond acceptors (Lipinski definition) is 4. The van der Waals surface area contributed by atoms with Crippen molar-refractivity contribution in [2.45, 2.75) is 49.7 Å². The number of rotatable bonds is 6. The van der Waals surface area contributed by atoms with Crippen molar-refractivity contribution < 1.29 is 4.79 Å². The number of carbonyl (C=O) groups excluding carboxylic acids is 1. The number of pyridine rings is 1. The van der Waals surface area contributed by atoms with Crippen LogP contribution in [0.3, 0.4) is 0 Å². The van der Waals surface area contributed by atoms with Gasteiger partial charge in [-0.1, -0.05) is 49.6 Å². The number of nitrogens with zero attached hydrogens (tertiary/aromatic N) is 2. The summed E-state index contributed by atoms with van der Waals surface area (Å²) in [7, 11) is 0. The highest BCUT2D eigenvalue weighted by Crippen LogP contribution is 2.29. The minimum Gasteiger partial charge on any atom is -0.267 e. The number of thioether (sulfide) groups is 1. The van der Waals surface area contributed by atoms with Crippen molar-refractivity contribution in [2.75, 3.05) is 0 Å². The van der Waals surface area contributed by atoms with Gasteiger partial charge >= 0.3 is 0 Å². The van der Waals surface area contributed by atoms with Crippen LogP contribution in [0.1, 0.15) is 54.9 Å². The first-order chi connectivity index (χ1) is 14.7. The Balaban J connectivity index is 1.35. The maximum atomic E-state index is 12.4. The van der Waals surface area contributed by atoms with Crippen LogP contribution in [0.15, 0.2) is 70.8 Å². The van der Waals surface area contributed by atoms with E-state index in [1.807, 2.05) is 43.5 Å². The lowest BCUT2D eigenvalue weighted by Gasteiger charge is -2.21. The average Bonchev–Trinajstić information content (AvgIpc) is 2.82. The summed E-state index contributed by atoms with van der Waals surface area (Å²) < 4.78 is 0. The van der Waals surface area contributed by atoms with Gasteiger partial charge < -0.3 is 0 Å². The highest BCUT2D eigenvalue weighted by molar-refractivity contribution is 7.98. The Morgan fingerprint density at radius 2 is 1.83 bits per heavy atom. The highest BCUT2D eigenvalue weighted by Gasteiger charge is 2.16. The van der Waals surface area contributed by atoms with Gasteiger partial charge in [0.2, 0.25) is 0 Å². The number of aromatic nitrogens is 1. The van der Waals surface area contributed by atoms with Crippen LogP contribution in [0.5, 0.6) is 0 Å². The molecule has 1 N–H and O–H groups in total. The molecule has 1 aromatic heterocycles. The zero-order valence-electron chi connectivity index (χ0n) is 17.3. The lowest BCUT2D eigenvalue weighted by molar-refractivity contribution is 0.0954. The summed E-state index contributed by atoms with van der Waals surface area (Å²) in [5.74, 6) is 1.20. The zero-order valence-corrected chi connectivity index (χ0v) is 18.1. The van der Waals surface area contributed by atoms with Gasteiger partial charge in [-0.2, -0.15) is 5.10 Å². The molecule has 154 valence electrons. The molecule has 4 rings (SSSR count). The molecular weight excluding hydrogens is 390 g/mol. The Kier molecular flexibility index (Phi) is 6.80. The first-order valence-electron chi connectivity index (χ1n) is 10.6. The standard InChI is InChI=1S/C25H27N3OS/c1-18(20-7-3-2-4-8-20)27-28-25(29)22-14-12-19(13-15-22)17-30-23-11-5-9-21-10-6-16-26-24(21)23/h5-6,9-16,20H,2-4,7-8,17H2,1H3,(H,28,29)/b27-18-. The van der Waals surface area contributed by atoms with E-state index in [1.54, 1.807) is 11.8 Å². The van der Waals surface area contributed by atoms with Gasteiger partial charge in [0.1, 0.15) is 0 Å². The van der Waals surface area contributed by atoms with E-state index < -0.39 is 0 Å². The first-order valence-corrected chi connectivity index (χ1v) is 11.6. The van der Waals surface area contributed by atoms with Gasteiger partial charge in [-0.05, 0) is 55.5 Å². The van der Waals surface area contributed by atoms with Gasteiger partial charge in [-0.3, -0.25) is 9.78 Å². The van der Waals surface area contributed by atoms with Crippen molar-refractivity contribution >= 4 is 34.3 Å². The van der Waals surface area contributed by atoms with Crippen molar-refractivity contribution in [2.24, 2.45) is 11.0 Å². The first kappa shape index (κ1) is 20.6. The molecule has 1 heterocycles. The molecule has 0 unspecified atom stereocenters. The van der Waals surface area contributed by atoms with E-state index in [2.05, 4.69) is 39.8 Å². The quantitative estimate of drug-likeness (QED) is 0.294. The summed E-state index contributed by atoms with van der Waals surface area (Å²) in [5, 5.41) is 5.51. The van der Waals surface area contributed by atoms with Crippen LogP contribution in [-0.2, 0) is 5.75 Å². The fraction of sp³-hybridized carbons (Fsp3) is 0.320. The lowest BCUT2D eigenvalue weighted by Crippen LogP contribution is -2.23. The molecule has 4 nitrogen and oxygen atoms in total. The highest BCUT2D eigenvalue weighted by atomic mass is 32.2. The topological polar surface area (TPSA) is 54.4 Å². The molecule has 0 bridgehead atoms. The molecule has 0 saturated heterocycles. The fourth-order valence-electron chi connectivity index (χ4n) is 3.92. The molecule has 30 heavy (non-hydrogen) atoms. The van der Waals surface area contributed by atoms with Crippen LogP contribution in [0, 0.1) is 5.92 Å². The number of nitrogens with one attached hydrogen (secondary N) is 1. The van der Waals surface area contributed by atoms with Crippen molar-refractivity contribution in [1.29, 1.82) is 0 Å². The maximum absolute atomic E-state index is 12.4. The molecule has 1 aliphatic carbocycles. The molecule has 2 aromatic carbocycles. The van der Waals surface area contributed by atoms with Crippen molar-refractivity contribution in [3.63, 3.8) is 0 Å². The Bertz CT molecular complexity index is 1030. The molecule has 1 saturated carbocycles. The van der Waals surface area contributed by atoms with Crippen LogP contribution < -0.4 is 5.43 Å². The number of hydrogen-bond donors (Lipinski definition) is 1. The molecule has 1 aliphatic rings. The predicted octanol–water partition coefficient (Wildman–Crippen LogP) is 6.21. The number of amides is 1. The van der Waals surface area contributed by atoms with Gasteiger partial charge in [0, 0.05) is 33.5 Å². The predicted molar refractivity (Wildman–Crippen MR) is 125 cm³/mol. The van der Waals surface area contributed by atoms with E-state index in [4.69, 9.17) is 0 Å². The van der Waals surface area contributed by atoms with Gasteiger partial charge in [0.05, 0.1) is 5.52 Å². The second kappa shape index (κ2) is 9.90. The van der Waals surface area contributed by atoms with Gasteiger partial charge in [-0.15, -0.1) is 11.8 Å². The largest absolute Gasteiger partial charge is 0.271 e. The second-order valence-corrected chi connectivity index (χ2v) is 8.86. The van der Waals surface area contributed by atoms with Crippen LogP contribution >= 0.6 is 11.8 Å². The summed E-state index contributed by atoms with van der Waals surface area (Å²) in [6.45, 7) is 2.03. The SMILES string of the molecule is C/C(=N/NC(=O)c1ccc(CSc2cccc3cccnc23)cc1)C1CCCCC1. The van der Waals surface area contributed by atoms with Crippen molar-refractivity contribution in [3.8, 4) is 0 Å². The van der Waals surface area contributed by atoms with E-state index in [0.29, 0.717) is 11.5 Å². The van der Waals surface area contributed by atoms with Gasteiger partial charge in [0.25, 0.3) is 5.91 Å². The van der Waals surface area contributed by atoms with E-state index >= 15 is 0 Å². The average molecular weight is 418 g/mol. The summed E-state index contributed by atoms with van der Waals surface area (Å²) in [5.41, 5.74) is 6.61. The smallest absolute Gasteiger partial charge is 0.267 e. The Hall–Kier alpha value is -2.66. The Morgan fingerprint density at radius 3 is 2.63 bits per heavy atom. The maximum Gasteiger partial charge on any atom is 0.271 e. The molecule has 5 heteroatoms. The monoisotopic (exact) mass is 417 g/mol. The van der Waals surface area contributed by atoms with Crippen LogP contribution in [0.2, 0.25) is 0 Å². The third kappa shape index (κ3) is 5.08. The number of benzene rings is 2. The Labute approximate surface area is 182 Å². The minimum absolute atomic E-state index is 0.150. The third-order valence-corrected chi connectivity index (χ3v) is 6.85. The van der Waals surface area contributed by atoms with E-state index in [0.717, 1.165) is 22.4 Å². The van der Waals surface area contributed by atoms with Crippen molar-refractivity contribution in [3.05, 3.63) is 71.9 Å². The molecule has 1 fully saturated rings. The van der Waals surface area contributed by atoms with Gasteiger partial charge in [-0.25, -0.2) is 5.43 Å². The van der Waals surface area contributed by atoms with Crippen LogP contribution in [0.25, 0.3) is 10.9 Å². The summed E-state index contributed by atoms with van der Waals surface area (Å²) in [4.78, 5) is 18.1. The third-order valence-electron chi connectivity index (χ3n) is 5.74. The molecule has 3 aromatic rings. The number of fused-ring (bicyclic) bond motifs is 1. The van der Waals surface area contributed by atoms with Crippen LogP contribution in [-0.4, -0.2) is 16.6 Å². The summed E-state index contributed by atoms with van der Waals surface area (Å²) in [6.07, 6.45) is 8.04. The summed E-state index contributed by atoms with van der Waals surface area (Å²) >= 11 is 1.76.